The number of rotatable bonds is 5. The maximum Gasteiger partial charge on any atom is 0.234 e. The van der Waals surface area contributed by atoms with Crippen LogP contribution in [0.2, 0.25) is 0 Å². The van der Waals surface area contributed by atoms with Gasteiger partial charge in [-0.15, -0.1) is 10.2 Å². The molecule has 7 nitrogen and oxygen atoms in total. The van der Waals surface area contributed by atoms with Gasteiger partial charge in [-0.05, 0) is 50.2 Å². The average molecular weight is 385 g/mol. The van der Waals surface area contributed by atoms with Gasteiger partial charge in [0.15, 0.2) is 17.3 Å². The van der Waals surface area contributed by atoms with Gasteiger partial charge in [0.2, 0.25) is 4.96 Å². The molecule has 0 bridgehead atoms. The molecule has 1 atom stereocenters. The van der Waals surface area contributed by atoms with Crippen LogP contribution in [0.15, 0.2) is 18.2 Å². The molecule has 1 saturated heterocycles. The van der Waals surface area contributed by atoms with Crippen molar-refractivity contribution in [3.8, 4) is 11.5 Å². The Kier molecular flexibility index (Phi) is 5.09. The summed E-state index contributed by atoms with van der Waals surface area (Å²) in [4.78, 5) is 3.18. The lowest BCUT2D eigenvalue weighted by molar-refractivity contribution is 0.244. The normalized spacial score (nSPS) is 18.4. The molecule has 1 aliphatic rings. The van der Waals surface area contributed by atoms with E-state index in [9.17, 15) is 0 Å². The highest BCUT2D eigenvalue weighted by Gasteiger charge is 2.24. The summed E-state index contributed by atoms with van der Waals surface area (Å²) in [5, 5.41) is 14.3. The van der Waals surface area contributed by atoms with Crippen LogP contribution >= 0.6 is 11.3 Å². The minimum atomic E-state index is 0.392. The number of benzene rings is 1. The van der Waals surface area contributed by atoms with Crippen LogP contribution in [0.5, 0.6) is 11.5 Å². The van der Waals surface area contributed by atoms with E-state index >= 15 is 0 Å². The summed E-state index contributed by atoms with van der Waals surface area (Å²) in [6.07, 6.45) is 6.34. The van der Waals surface area contributed by atoms with E-state index < -0.39 is 0 Å². The summed E-state index contributed by atoms with van der Waals surface area (Å²) >= 11 is 1.54. The lowest BCUT2D eigenvalue weighted by Crippen LogP contribution is -2.31. The second-order valence-electron chi connectivity index (χ2n) is 6.74. The molecule has 3 aromatic rings. The molecule has 0 N–H and O–H groups in total. The monoisotopic (exact) mass is 385 g/mol. The maximum atomic E-state index is 5.36. The van der Waals surface area contributed by atoms with Crippen LogP contribution in [0.25, 0.3) is 17.1 Å². The molecule has 1 aliphatic heterocycles. The molecule has 0 spiro atoms. The van der Waals surface area contributed by atoms with E-state index in [1.807, 2.05) is 34.9 Å². The lowest BCUT2D eigenvalue weighted by atomic mass is 9.98. The highest BCUT2D eigenvalue weighted by atomic mass is 32.1. The van der Waals surface area contributed by atoms with E-state index in [1.165, 1.54) is 6.42 Å². The summed E-state index contributed by atoms with van der Waals surface area (Å²) in [5.41, 5.74) is 1.02. The topological polar surface area (TPSA) is 64.8 Å². The number of methoxy groups -OCH3 is 2. The number of hydrogen-bond donors (Lipinski definition) is 0. The first-order valence-electron chi connectivity index (χ1n) is 8.98. The summed E-state index contributed by atoms with van der Waals surface area (Å²) in [6, 6.07) is 5.83. The summed E-state index contributed by atoms with van der Waals surface area (Å²) in [7, 11) is 5.43. The van der Waals surface area contributed by atoms with E-state index in [-0.39, 0.29) is 0 Å². The molecule has 142 valence electrons. The van der Waals surface area contributed by atoms with Crippen LogP contribution in [-0.4, -0.2) is 59.1 Å². The van der Waals surface area contributed by atoms with Crippen molar-refractivity contribution in [3.63, 3.8) is 0 Å². The quantitative estimate of drug-likeness (QED) is 0.672. The molecule has 0 aliphatic carbocycles. The van der Waals surface area contributed by atoms with Crippen LogP contribution in [0.1, 0.15) is 35.2 Å². The largest absolute Gasteiger partial charge is 0.493 e. The summed E-state index contributed by atoms with van der Waals surface area (Å²) < 4.78 is 12.5. The minimum Gasteiger partial charge on any atom is -0.493 e. The van der Waals surface area contributed by atoms with Gasteiger partial charge >= 0.3 is 0 Å². The Morgan fingerprint density at radius 3 is 2.78 bits per heavy atom. The average Bonchev–Trinajstić information content (AvgIpc) is 3.26. The summed E-state index contributed by atoms with van der Waals surface area (Å²) in [5.74, 6) is 2.79. The summed E-state index contributed by atoms with van der Waals surface area (Å²) in [6.45, 7) is 2.16. The fourth-order valence-corrected chi connectivity index (χ4v) is 4.22. The highest BCUT2D eigenvalue weighted by Crippen LogP contribution is 2.29. The number of fused-ring (bicyclic) bond motifs is 1. The van der Waals surface area contributed by atoms with Crippen LogP contribution in [-0.2, 0) is 0 Å². The smallest absolute Gasteiger partial charge is 0.234 e. The fourth-order valence-electron chi connectivity index (χ4n) is 3.47. The van der Waals surface area contributed by atoms with Crippen molar-refractivity contribution in [2.75, 3.05) is 34.4 Å². The molecule has 0 saturated carbocycles. The van der Waals surface area contributed by atoms with Crippen LogP contribution < -0.4 is 9.47 Å². The number of piperidine rings is 1. The van der Waals surface area contributed by atoms with Crippen LogP contribution in [0.4, 0.5) is 0 Å². The van der Waals surface area contributed by atoms with E-state index in [4.69, 9.17) is 14.6 Å². The maximum absolute atomic E-state index is 5.36. The first-order chi connectivity index (χ1) is 13.2. The van der Waals surface area contributed by atoms with Crippen LogP contribution in [0, 0.1) is 0 Å². The predicted octanol–water partition coefficient (Wildman–Crippen LogP) is 3.18. The Balaban J connectivity index is 1.57. The van der Waals surface area contributed by atoms with E-state index in [2.05, 4.69) is 22.1 Å². The molecule has 8 heteroatoms. The molecule has 0 radical (unpaired) electrons. The predicted molar refractivity (Wildman–Crippen MR) is 107 cm³/mol. The van der Waals surface area contributed by atoms with Crippen molar-refractivity contribution in [1.82, 2.24) is 24.7 Å². The van der Waals surface area contributed by atoms with Gasteiger partial charge in [-0.3, -0.25) is 0 Å². The van der Waals surface area contributed by atoms with Crippen molar-refractivity contribution in [3.05, 3.63) is 34.6 Å². The zero-order valence-corrected chi connectivity index (χ0v) is 16.6. The van der Waals surface area contributed by atoms with Crippen molar-refractivity contribution < 1.29 is 9.47 Å². The van der Waals surface area contributed by atoms with Gasteiger partial charge in [0.25, 0.3) is 0 Å². The fraction of sp³-hybridized carbons (Fsp3) is 0.421. The second kappa shape index (κ2) is 7.66. The van der Waals surface area contributed by atoms with Gasteiger partial charge in [-0.1, -0.05) is 23.5 Å². The Morgan fingerprint density at radius 2 is 2.00 bits per heavy atom. The van der Waals surface area contributed by atoms with Gasteiger partial charge in [-0.25, -0.2) is 0 Å². The van der Waals surface area contributed by atoms with Crippen molar-refractivity contribution in [2.24, 2.45) is 0 Å². The Morgan fingerprint density at radius 1 is 1.15 bits per heavy atom. The minimum absolute atomic E-state index is 0.392. The molecule has 1 unspecified atom stereocenters. The van der Waals surface area contributed by atoms with Gasteiger partial charge in [0.05, 0.1) is 14.2 Å². The molecule has 3 heterocycles. The Bertz CT molecular complexity index is 964. The number of likely N-dealkylation sites (tertiary alicyclic amines) is 1. The first kappa shape index (κ1) is 17.9. The SMILES string of the molecule is COc1ccc(C=Cc2nn3c(C4CCCN(C)C4)nnc3s2)cc1OC. The lowest BCUT2D eigenvalue weighted by Gasteiger charge is -2.28. The Hall–Kier alpha value is -2.45. The van der Waals surface area contributed by atoms with Crippen molar-refractivity contribution in [1.29, 1.82) is 0 Å². The van der Waals surface area contributed by atoms with E-state index in [0.29, 0.717) is 11.7 Å². The zero-order chi connectivity index (χ0) is 18.8. The van der Waals surface area contributed by atoms with E-state index in [0.717, 1.165) is 46.6 Å². The van der Waals surface area contributed by atoms with Crippen LogP contribution in [0.3, 0.4) is 0 Å². The zero-order valence-electron chi connectivity index (χ0n) is 15.8. The molecule has 0 amide bonds. The molecule has 1 fully saturated rings. The number of nitrogens with zero attached hydrogens (tertiary/aromatic N) is 5. The third-order valence-electron chi connectivity index (χ3n) is 4.85. The second-order valence-corrected chi connectivity index (χ2v) is 7.73. The highest BCUT2D eigenvalue weighted by molar-refractivity contribution is 7.17. The number of ether oxygens (including phenoxy) is 2. The molecular weight excluding hydrogens is 362 g/mol. The number of hydrogen-bond acceptors (Lipinski definition) is 7. The van der Waals surface area contributed by atoms with Gasteiger partial charge in [0.1, 0.15) is 5.01 Å². The molecule has 1 aromatic carbocycles. The Labute approximate surface area is 162 Å². The van der Waals surface area contributed by atoms with Gasteiger partial charge < -0.3 is 14.4 Å². The third kappa shape index (κ3) is 3.68. The number of aromatic nitrogens is 4. The van der Waals surface area contributed by atoms with Crippen molar-refractivity contribution >= 4 is 28.4 Å². The molecular formula is C19H23N5O2S. The van der Waals surface area contributed by atoms with E-state index in [1.54, 1.807) is 25.6 Å². The standard InChI is InChI=1S/C19H23N5O2S/c1-23-10-4-5-14(12-23)18-20-21-19-24(18)22-17(27-19)9-7-13-6-8-15(25-2)16(11-13)26-3/h6-9,11,14H,4-5,10,12H2,1-3H3. The molecule has 27 heavy (non-hydrogen) atoms. The molecule has 4 rings (SSSR count). The first-order valence-corrected chi connectivity index (χ1v) is 9.80. The van der Waals surface area contributed by atoms with Crippen molar-refractivity contribution in [2.45, 2.75) is 18.8 Å². The number of likely N-dealkylation sites (N-methyl/N-ethyl adjacent to an activating group) is 1. The molecule has 2 aromatic heterocycles. The third-order valence-corrected chi connectivity index (χ3v) is 5.71. The van der Waals surface area contributed by atoms with Gasteiger partial charge in [-0.2, -0.15) is 9.61 Å². The van der Waals surface area contributed by atoms with Gasteiger partial charge in [0, 0.05) is 12.5 Å².